The second kappa shape index (κ2) is 4.98. The van der Waals surface area contributed by atoms with Crippen LogP contribution in [0, 0.1) is 0 Å². The fourth-order valence-electron chi connectivity index (χ4n) is 1.56. The highest BCUT2D eigenvalue weighted by Crippen LogP contribution is 2.18. The molecule has 0 radical (unpaired) electrons. The van der Waals surface area contributed by atoms with E-state index in [9.17, 15) is 0 Å². The molecule has 1 aromatic heterocycles. The van der Waals surface area contributed by atoms with Crippen molar-refractivity contribution in [3.63, 3.8) is 0 Å². The van der Waals surface area contributed by atoms with Crippen LogP contribution in [0.2, 0.25) is 0 Å². The van der Waals surface area contributed by atoms with Gasteiger partial charge in [0.05, 0.1) is 13.2 Å². The van der Waals surface area contributed by atoms with Crippen LogP contribution in [0.15, 0.2) is 18.3 Å². The van der Waals surface area contributed by atoms with E-state index in [1.54, 1.807) is 6.20 Å². The molecule has 0 saturated carbocycles. The molecule has 4 nitrogen and oxygen atoms in total. The van der Waals surface area contributed by atoms with Crippen LogP contribution in [-0.4, -0.2) is 30.8 Å². The summed E-state index contributed by atoms with van der Waals surface area (Å²) >= 11 is 0. The second-order valence-electron chi connectivity index (χ2n) is 3.51. The Morgan fingerprint density at radius 1 is 1.67 bits per heavy atom. The van der Waals surface area contributed by atoms with Crippen LogP contribution in [0.4, 0.5) is 5.82 Å². The molecular formula is C11H16N2O2. The summed E-state index contributed by atoms with van der Waals surface area (Å²) < 4.78 is 11.0. The monoisotopic (exact) mass is 208 g/mol. The van der Waals surface area contributed by atoms with E-state index in [0.29, 0.717) is 6.61 Å². The molecule has 4 heteroatoms. The average molecular weight is 208 g/mol. The average Bonchev–Trinajstić information content (AvgIpc) is 2.71. The van der Waals surface area contributed by atoms with Gasteiger partial charge >= 0.3 is 0 Å². The molecule has 1 aliphatic heterocycles. The zero-order valence-corrected chi connectivity index (χ0v) is 8.90. The molecule has 1 atom stereocenters. The summed E-state index contributed by atoms with van der Waals surface area (Å²) in [6, 6.07) is 3.79. The number of anilines is 1. The number of nitrogens with one attached hydrogen (secondary N) is 1. The lowest BCUT2D eigenvalue weighted by molar-refractivity contribution is 0.141. The predicted molar refractivity (Wildman–Crippen MR) is 58.3 cm³/mol. The van der Waals surface area contributed by atoms with Crippen molar-refractivity contribution in [1.29, 1.82) is 0 Å². The van der Waals surface area contributed by atoms with Crippen LogP contribution >= 0.6 is 0 Å². The number of rotatable bonds is 4. The molecule has 2 rings (SSSR count). The molecule has 0 aliphatic carbocycles. The fraction of sp³-hybridized carbons (Fsp3) is 0.545. The van der Waals surface area contributed by atoms with Crippen LogP contribution in [-0.2, 0) is 4.74 Å². The zero-order valence-electron chi connectivity index (χ0n) is 8.90. The Bertz CT molecular complexity index is 311. The van der Waals surface area contributed by atoms with Crippen molar-refractivity contribution in [2.45, 2.75) is 19.4 Å². The van der Waals surface area contributed by atoms with E-state index in [2.05, 4.69) is 10.3 Å². The molecule has 0 amide bonds. The molecule has 1 saturated heterocycles. The smallest absolute Gasteiger partial charge is 0.129 e. The van der Waals surface area contributed by atoms with Gasteiger partial charge in [0.1, 0.15) is 17.7 Å². The Labute approximate surface area is 89.6 Å². The second-order valence-corrected chi connectivity index (χ2v) is 3.51. The van der Waals surface area contributed by atoms with Crippen LogP contribution < -0.4 is 10.1 Å². The first-order valence-corrected chi connectivity index (χ1v) is 5.33. The molecule has 1 fully saturated rings. The molecule has 1 unspecified atom stereocenters. The lowest BCUT2D eigenvalue weighted by Crippen LogP contribution is -2.15. The number of hydrogen-bond acceptors (Lipinski definition) is 4. The van der Waals surface area contributed by atoms with Crippen molar-refractivity contribution in [2.75, 3.05) is 25.1 Å². The minimum Gasteiger partial charge on any atom is -0.488 e. The van der Waals surface area contributed by atoms with Gasteiger partial charge in [0.2, 0.25) is 0 Å². The quantitative estimate of drug-likeness (QED) is 0.817. The third-order valence-electron chi connectivity index (χ3n) is 2.28. The number of ether oxygens (including phenoxy) is 2. The summed E-state index contributed by atoms with van der Waals surface area (Å²) in [6.45, 7) is 4.40. The van der Waals surface area contributed by atoms with Crippen molar-refractivity contribution in [3.8, 4) is 5.75 Å². The Hall–Kier alpha value is -1.29. The molecule has 0 spiro atoms. The third kappa shape index (κ3) is 2.83. The molecule has 0 bridgehead atoms. The summed E-state index contributed by atoms with van der Waals surface area (Å²) in [5.41, 5.74) is 0. The zero-order chi connectivity index (χ0) is 10.5. The van der Waals surface area contributed by atoms with Gasteiger partial charge in [-0.3, -0.25) is 0 Å². The summed E-state index contributed by atoms with van der Waals surface area (Å²) in [4.78, 5) is 4.18. The highest BCUT2D eigenvalue weighted by molar-refractivity contribution is 5.40. The van der Waals surface area contributed by atoms with Gasteiger partial charge in [-0.2, -0.15) is 0 Å². The number of hydrogen-bond donors (Lipinski definition) is 1. The van der Waals surface area contributed by atoms with E-state index in [1.165, 1.54) is 0 Å². The molecule has 1 aromatic rings. The number of aromatic nitrogens is 1. The first-order chi connectivity index (χ1) is 7.38. The molecule has 1 aliphatic rings. The van der Waals surface area contributed by atoms with Gasteiger partial charge in [-0.1, -0.05) is 0 Å². The van der Waals surface area contributed by atoms with Gasteiger partial charge in [0, 0.05) is 25.2 Å². The number of nitrogens with zero attached hydrogens (tertiary/aromatic N) is 1. The van der Waals surface area contributed by atoms with Crippen LogP contribution in [0.25, 0.3) is 0 Å². The van der Waals surface area contributed by atoms with Gasteiger partial charge in [-0.25, -0.2) is 4.98 Å². The van der Waals surface area contributed by atoms with E-state index in [4.69, 9.17) is 9.47 Å². The van der Waals surface area contributed by atoms with Crippen molar-refractivity contribution in [2.24, 2.45) is 0 Å². The summed E-state index contributed by atoms with van der Waals surface area (Å²) in [7, 11) is 0. The molecule has 0 aromatic carbocycles. The minimum absolute atomic E-state index is 0.196. The van der Waals surface area contributed by atoms with E-state index in [0.717, 1.165) is 31.1 Å². The fourth-order valence-corrected chi connectivity index (χ4v) is 1.56. The molecule has 82 valence electrons. The Morgan fingerprint density at radius 2 is 2.60 bits per heavy atom. The van der Waals surface area contributed by atoms with E-state index < -0.39 is 0 Å². The SMILES string of the molecule is CCNc1cc(OC2CCOC2)ccn1. The van der Waals surface area contributed by atoms with Crippen LogP contribution in [0.1, 0.15) is 13.3 Å². The first-order valence-electron chi connectivity index (χ1n) is 5.33. The topological polar surface area (TPSA) is 43.4 Å². The van der Waals surface area contributed by atoms with Crippen molar-refractivity contribution in [3.05, 3.63) is 18.3 Å². The van der Waals surface area contributed by atoms with Crippen molar-refractivity contribution in [1.82, 2.24) is 4.98 Å². The standard InChI is InChI=1S/C11H16N2O2/c1-2-12-11-7-9(3-5-13-11)15-10-4-6-14-8-10/h3,5,7,10H,2,4,6,8H2,1H3,(H,12,13). The number of pyridine rings is 1. The maximum absolute atomic E-state index is 5.76. The normalized spacial score (nSPS) is 20.2. The Balaban J connectivity index is 1.97. The molecule has 2 heterocycles. The van der Waals surface area contributed by atoms with Gasteiger partial charge in [0.15, 0.2) is 0 Å². The van der Waals surface area contributed by atoms with Crippen LogP contribution in [0.5, 0.6) is 5.75 Å². The van der Waals surface area contributed by atoms with Gasteiger partial charge < -0.3 is 14.8 Å². The summed E-state index contributed by atoms with van der Waals surface area (Å²) in [5, 5.41) is 3.15. The van der Waals surface area contributed by atoms with Crippen molar-refractivity contribution < 1.29 is 9.47 Å². The molecular weight excluding hydrogens is 192 g/mol. The lowest BCUT2D eigenvalue weighted by Gasteiger charge is -2.12. The Kier molecular flexibility index (Phi) is 3.40. The van der Waals surface area contributed by atoms with Crippen LogP contribution in [0.3, 0.4) is 0 Å². The maximum Gasteiger partial charge on any atom is 0.129 e. The largest absolute Gasteiger partial charge is 0.488 e. The van der Waals surface area contributed by atoms with Gasteiger partial charge in [0.25, 0.3) is 0 Å². The van der Waals surface area contributed by atoms with Gasteiger partial charge in [-0.05, 0) is 13.0 Å². The third-order valence-corrected chi connectivity index (χ3v) is 2.28. The van der Waals surface area contributed by atoms with E-state index >= 15 is 0 Å². The minimum atomic E-state index is 0.196. The van der Waals surface area contributed by atoms with Gasteiger partial charge in [-0.15, -0.1) is 0 Å². The summed E-state index contributed by atoms with van der Waals surface area (Å²) in [6.07, 6.45) is 2.92. The Morgan fingerprint density at radius 3 is 3.33 bits per heavy atom. The van der Waals surface area contributed by atoms with E-state index in [-0.39, 0.29) is 6.10 Å². The predicted octanol–water partition coefficient (Wildman–Crippen LogP) is 1.68. The van der Waals surface area contributed by atoms with Crippen molar-refractivity contribution >= 4 is 5.82 Å². The molecule has 15 heavy (non-hydrogen) atoms. The summed E-state index contributed by atoms with van der Waals surface area (Å²) in [5.74, 6) is 1.71. The molecule has 1 N–H and O–H groups in total. The van der Waals surface area contributed by atoms with E-state index in [1.807, 2.05) is 19.1 Å². The highest BCUT2D eigenvalue weighted by atomic mass is 16.5. The lowest BCUT2D eigenvalue weighted by atomic mass is 10.3. The highest BCUT2D eigenvalue weighted by Gasteiger charge is 2.17. The maximum atomic E-state index is 5.76. The first kappa shape index (κ1) is 10.2.